The van der Waals surface area contributed by atoms with Gasteiger partial charge < -0.3 is 20.4 Å². The summed E-state index contributed by atoms with van der Waals surface area (Å²) in [6.07, 6.45) is 0. The Morgan fingerprint density at radius 1 is 1.19 bits per heavy atom. The van der Waals surface area contributed by atoms with Gasteiger partial charge in [-0.1, -0.05) is 17.3 Å². The molecule has 0 spiro atoms. The van der Waals surface area contributed by atoms with E-state index < -0.39 is 0 Å². The Morgan fingerprint density at radius 3 is 2.48 bits per heavy atom. The zero-order valence-electron chi connectivity index (χ0n) is 12.0. The van der Waals surface area contributed by atoms with Crippen LogP contribution >= 0.6 is 0 Å². The molecule has 0 unspecified atom stereocenters. The number of nitrogens with two attached hydrogens (primary N) is 1. The van der Waals surface area contributed by atoms with Gasteiger partial charge in [-0.15, -0.1) is 5.10 Å². The van der Waals surface area contributed by atoms with Gasteiger partial charge in [-0.2, -0.15) is 5.10 Å². The van der Waals surface area contributed by atoms with E-state index in [0.717, 1.165) is 5.56 Å². The standard InChI is InChI=1S/C14H16N4O3/c1-8-9(2)16-17-14(12(8)13(15)18-19)21-11-7-5-4-6-10(11)20-3/h4-7,19H,1-3H3,(H2,15,18). The first-order valence-electron chi connectivity index (χ1n) is 6.21. The topological polar surface area (TPSA) is 103 Å². The van der Waals surface area contributed by atoms with E-state index in [2.05, 4.69) is 15.4 Å². The first kappa shape index (κ1) is 14.6. The minimum atomic E-state index is -0.0876. The highest BCUT2D eigenvalue weighted by Crippen LogP contribution is 2.32. The van der Waals surface area contributed by atoms with E-state index in [1.54, 1.807) is 39.2 Å². The van der Waals surface area contributed by atoms with E-state index in [4.69, 9.17) is 20.4 Å². The molecule has 0 aliphatic rings. The van der Waals surface area contributed by atoms with Crippen molar-refractivity contribution in [2.45, 2.75) is 13.8 Å². The fourth-order valence-electron chi connectivity index (χ4n) is 1.82. The normalized spacial score (nSPS) is 11.3. The van der Waals surface area contributed by atoms with E-state index in [-0.39, 0.29) is 11.7 Å². The second-order valence-corrected chi connectivity index (χ2v) is 4.33. The van der Waals surface area contributed by atoms with Crippen LogP contribution in [0.25, 0.3) is 0 Å². The van der Waals surface area contributed by atoms with Gasteiger partial charge in [0.2, 0.25) is 0 Å². The highest BCUT2D eigenvalue weighted by atomic mass is 16.5. The van der Waals surface area contributed by atoms with E-state index in [1.807, 2.05) is 6.07 Å². The molecule has 1 aromatic heterocycles. The van der Waals surface area contributed by atoms with Crippen molar-refractivity contribution in [3.05, 3.63) is 41.1 Å². The van der Waals surface area contributed by atoms with Crippen molar-refractivity contribution in [2.24, 2.45) is 10.9 Å². The predicted octanol–water partition coefficient (Wildman–Crippen LogP) is 1.99. The zero-order valence-corrected chi connectivity index (χ0v) is 12.0. The molecule has 3 N–H and O–H groups in total. The fraction of sp³-hybridized carbons (Fsp3) is 0.214. The number of methoxy groups -OCH3 is 1. The summed E-state index contributed by atoms with van der Waals surface area (Å²) in [5.74, 6) is 1.07. The number of aromatic nitrogens is 2. The number of hydrogen-bond acceptors (Lipinski definition) is 6. The van der Waals surface area contributed by atoms with E-state index in [1.165, 1.54) is 0 Å². The number of nitrogens with zero attached hydrogens (tertiary/aromatic N) is 3. The van der Waals surface area contributed by atoms with Gasteiger partial charge in [0.1, 0.15) is 0 Å². The number of amidine groups is 1. The van der Waals surface area contributed by atoms with Gasteiger partial charge in [0.15, 0.2) is 17.3 Å². The van der Waals surface area contributed by atoms with Gasteiger partial charge in [0, 0.05) is 0 Å². The molecule has 0 aliphatic carbocycles. The van der Waals surface area contributed by atoms with Crippen LogP contribution in [0.5, 0.6) is 17.4 Å². The third-order valence-corrected chi connectivity index (χ3v) is 3.06. The molecule has 7 nitrogen and oxygen atoms in total. The molecular weight excluding hydrogens is 272 g/mol. The van der Waals surface area contributed by atoms with Crippen LogP contribution in [0.1, 0.15) is 16.8 Å². The number of rotatable bonds is 4. The molecule has 1 heterocycles. The van der Waals surface area contributed by atoms with Gasteiger partial charge in [-0.05, 0) is 31.5 Å². The summed E-state index contributed by atoms with van der Waals surface area (Å²) in [6, 6.07) is 7.11. The summed E-state index contributed by atoms with van der Waals surface area (Å²) >= 11 is 0. The highest BCUT2D eigenvalue weighted by Gasteiger charge is 2.18. The minimum absolute atomic E-state index is 0.0876. The molecule has 0 radical (unpaired) electrons. The van der Waals surface area contributed by atoms with Gasteiger partial charge in [0.05, 0.1) is 18.4 Å². The third-order valence-electron chi connectivity index (χ3n) is 3.06. The van der Waals surface area contributed by atoms with Crippen LogP contribution in [-0.2, 0) is 0 Å². The summed E-state index contributed by atoms with van der Waals surface area (Å²) in [4.78, 5) is 0. The lowest BCUT2D eigenvalue weighted by Gasteiger charge is -2.13. The molecule has 21 heavy (non-hydrogen) atoms. The van der Waals surface area contributed by atoms with E-state index >= 15 is 0 Å². The summed E-state index contributed by atoms with van der Waals surface area (Å²) < 4.78 is 10.9. The van der Waals surface area contributed by atoms with Crippen LogP contribution in [0, 0.1) is 13.8 Å². The van der Waals surface area contributed by atoms with Gasteiger partial charge in [-0.25, -0.2) is 0 Å². The Hall–Kier alpha value is -2.83. The van der Waals surface area contributed by atoms with Gasteiger partial charge >= 0.3 is 0 Å². The first-order chi connectivity index (χ1) is 10.1. The van der Waals surface area contributed by atoms with Crippen LogP contribution in [0.15, 0.2) is 29.4 Å². The molecule has 0 aliphatic heterocycles. The average Bonchev–Trinajstić information content (AvgIpc) is 2.51. The monoisotopic (exact) mass is 288 g/mol. The third kappa shape index (κ3) is 2.86. The number of hydrogen-bond donors (Lipinski definition) is 2. The largest absolute Gasteiger partial charge is 0.493 e. The Bertz CT molecular complexity index is 686. The predicted molar refractivity (Wildman–Crippen MR) is 77.1 cm³/mol. The van der Waals surface area contributed by atoms with E-state index in [9.17, 15) is 0 Å². The van der Waals surface area contributed by atoms with E-state index in [0.29, 0.717) is 22.8 Å². The quantitative estimate of drug-likeness (QED) is 0.386. The number of ether oxygens (including phenoxy) is 2. The van der Waals surface area contributed by atoms with Crippen molar-refractivity contribution in [1.29, 1.82) is 0 Å². The van der Waals surface area contributed by atoms with Crippen LogP contribution < -0.4 is 15.2 Å². The zero-order chi connectivity index (χ0) is 15.4. The summed E-state index contributed by atoms with van der Waals surface area (Å²) in [5.41, 5.74) is 7.51. The van der Waals surface area contributed by atoms with Gasteiger partial charge in [0.25, 0.3) is 5.88 Å². The van der Waals surface area contributed by atoms with Crippen molar-refractivity contribution >= 4 is 5.84 Å². The Kier molecular flexibility index (Phi) is 4.22. The number of benzene rings is 1. The molecule has 2 rings (SSSR count). The summed E-state index contributed by atoms with van der Waals surface area (Å²) in [7, 11) is 1.54. The summed E-state index contributed by atoms with van der Waals surface area (Å²) in [6.45, 7) is 3.58. The molecule has 0 atom stereocenters. The molecule has 0 saturated heterocycles. The molecule has 7 heteroatoms. The Balaban J connectivity index is 2.52. The molecular formula is C14H16N4O3. The van der Waals surface area contributed by atoms with Crippen LogP contribution in [0.3, 0.4) is 0 Å². The molecule has 0 saturated carbocycles. The second kappa shape index (κ2) is 6.08. The number of para-hydroxylation sites is 2. The lowest BCUT2D eigenvalue weighted by molar-refractivity contribution is 0.318. The maximum atomic E-state index is 8.93. The average molecular weight is 288 g/mol. The lowest BCUT2D eigenvalue weighted by Crippen LogP contribution is -2.18. The fourth-order valence-corrected chi connectivity index (χ4v) is 1.82. The number of aryl methyl sites for hydroxylation is 1. The molecule has 0 amide bonds. The van der Waals surface area contributed by atoms with Crippen molar-refractivity contribution in [2.75, 3.05) is 7.11 Å². The smallest absolute Gasteiger partial charge is 0.250 e. The molecule has 1 aromatic carbocycles. The Labute approximate surface area is 122 Å². The SMILES string of the molecule is COc1ccccc1Oc1nnc(C)c(C)c1/C(N)=N/O. The van der Waals surface area contributed by atoms with Crippen LogP contribution in [0.4, 0.5) is 0 Å². The molecule has 110 valence electrons. The van der Waals surface area contributed by atoms with Gasteiger partial charge in [-0.3, -0.25) is 0 Å². The van der Waals surface area contributed by atoms with Crippen molar-refractivity contribution < 1.29 is 14.7 Å². The molecule has 0 bridgehead atoms. The summed E-state index contributed by atoms with van der Waals surface area (Å²) in [5, 5.41) is 19.9. The molecule has 2 aromatic rings. The minimum Gasteiger partial charge on any atom is -0.493 e. The first-order valence-corrected chi connectivity index (χ1v) is 6.21. The maximum absolute atomic E-state index is 8.93. The highest BCUT2D eigenvalue weighted by molar-refractivity contribution is 6.00. The lowest BCUT2D eigenvalue weighted by atomic mass is 10.1. The van der Waals surface area contributed by atoms with Crippen molar-refractivity contribution in [3.8, 4) is 17.4 Å². The van der Waals surface area contributed by atoms with Crippen LogP contribution in [0.2, 0.25) is 0 Å². The van der Waals surface area contributed by atoms with Crippen molar-refractivity contribution in [1.82, 2.24) is 10.2 Å². The molecule has 0 fully saturated rings. The maximum Gasteiger partial charge on any atom is 0.250 e. The number of oxime groups is 1. The van der Waals surface area contributed by atoms with Crippen molar-refractivity contribution in [3.63, 3.8) is 0 Å². The Morgan fingerprint density at radius 2 is 1.86 bits per heavy atom. The second-order valence-electron chi connectivity index (χ2n) is 4.33. The van der Waals surface area contributed by atoms with Crippen LogP contribution in [-0.4, -0.2) is 28.4 Å².